The number of nitrogens with zero attached hydrogens (tertiary/aromatic N) is 3. The van der Waals surface area contributed by atoms with E-state index in [2.05, 4.69) is 9.80 Å². The van der Waals surface area contributed by atoms with Gasteiger partial charge in [-0.05, 0) is 25.0 Å². The second-order valence-electron chi connectivity index (χ2n) is 7.20. The molecule has 2 aliphatic rings. The van der Waals surface area contributed by atoms with Crippen molar-refractivity contribution in [3.8, 4) is 0 Å². The van der Waals surface area contributed by atoms with Crippen LogP contribution in [0.1, 0.15) is 31.2 Å². The number of rotatable bonds is 5. The van der Waals surface area contributed by atoms with E-state index in [1.54, 1.807) is 24.1 Å². The molecule has 6 heteroatoms. The molecule has 3 rings (SSSR count). The highest BCUT2D eigenvalue weighted by Gasteiger charge is 2.27. The maximum atomic E-state index is 13.9. The van der Waals surface area contributed by atoms with E-state index in [0.717, 1.165) is 32.2 Å². The van der Waals surface area contributed by atoms with E-state index in [9.17, 15) is 9.18 Å². The zero-order valence-electron chi connectivity index (χ0n) is 14.9. The zero-order chi connectivity index (χ0) is 17.8. The van der Waals surface area contributed by atoms with E-state index in [4.69, 9.17) is 11.6 Å². The summed E-state index contributed by atoms with van der Waals surface area (Å²) in [4.78, 5) is 18.8. The van der Waals surface area contributed by atoms with Crippen LogP contribution in [-0.4, -0.2) is 66.4 Å². The van der Waals surface area contributed by atoms with E-state index in [1.165, 1.54) is 31.7 Å². The lowest BCUT2D eigenvalue weighted by atomic mass is 10.1. The Kier molecular flexibility index (Phi) is 6.31. The van der Waals surface area contributed by atoms with Gasteiger partial charge in [-0.15, -0.1) is 0 Å². The minimum atomic E-state index is -0.364. The molecule has 0 spiro atoms. The average molecular weight is 368 g/mol. The largest absolute Gasteiger partial charge is 0.340 e. The lowest BCUT2D eigenvalue weighted by Gasteiger charge is -2.38. The Morgan fingerprint density at radius 2 is 1.92 bits per heavy atom. The molecule has 1 aliphatic carbocycles. The molecule has 0 aromatic heterocycles. The fraction of sp³-hybridized carbons (Fsp3) is 0.632. The first kappa shape index (κ1) is 18.6. The van der Waals surface area contributed by atoms with E-state index < -0.39 is 0 Å². The number of carbonyl (C=O) groups is 1. The van der Waals surface area contributed by atoms with Crippen molar-refractivity contribution in [1.29, 1.82) is 0 Å². The van der Waals surface area contributed by atoms with Gasteiger partial charge in [0.1, 0.15) is 5.82 Å². The first-order chi connectivity index (χ1) is 12.0. The topological polar surface area (TPSA) is 26.8 Å². The summed E-state index contributed by atoms with van der Waals surface area (Å²) in [5, 5.41) is 0.366. The first-order valence-corrected chi connectivity index (χ1v) is 9.55. The molecule has 1 aromatic carbocycles. The van der Waals surface area contributed by atoms with Crippen LogP contribution in [0.2, 0.25) is 5.02 Å². The molecular weight excluding hydrogens is 341 g/mol. The second-order valence-corrected chi connectivity index (χ2v) is 7.61. The molecule has 1 aliphatic heterocycles. The van der Waals surface area contributed by atoms with Crippen LogP contribution >= 0.6 is 11.6 Å². The summed E-state index contributed by atoms with van der Waals surface area (Å²) in [7, 11) is 1.71. The van der Waals surface area contributed by atoms with Crippen LogP contribution in [0.25, 0.3) is 0 Å². The Labute approximate surface area is 154 Å². The molecule has 25 heavy (non-hydrogen) atoms. The molecule has 4 nitrogen and oxygen atoms in total. The molecule has 1 saturated heterocycles. The van der Waals surface area contributed by atoms with Crippen molar-refractivity contribution < 1.29 is 9.18 Å². The van der Waals surface area contributed by atoms with E-state index in [1.807, 2.05) is 0 Å². The summed E-state index contributed by atoms with van der Waals surface area (Å²) >= 11 is 6.05. The summed E-state index contributed by atoms with van der Waals surface area (Å²) in [6, 6.07) is 5.36. The molecule has 0 N–H and O–H groups in total. The van der Waals surface area contributed by atoms with Crippen LogP contribution < -0.4 is 0 Å². The van der Waals surface area contributed by atoms with Gasteiger partial charge in [-0.1, -0.05) is 30.5 Å². The molecule has 0 atom stereocenters. The number of hydrogen-bond donors (Lipinski definition) is 0. The summed E-state index contributed by atoms with van der Waals surface area (Å²) in [5.74, 6) is -0.356. The standard InChI is InChI=1S/C19H27ClFN3O/c1-22(13-16-17(20)7-4-8-18(16)21)19(25)14-23-9-11-24(12-10-23)15-5-2-3-6-15/h4,7-8,15H,2-3,5-6,9-14H2,1H3. The number of amides is 1. The van der Waals surface area contributed by atoms with E-state index in [0.29, 0.717) is 17.1 Å². The third-order valence-corrected chi connectivity index (χ3v) is 5.84. The molecular formula is C19H27ClFN3O. The monoisotopic (exact) mass is 367 g/mol. The van der Waals surface area contributed by atoms with Crippen molar-refractivity contribution in [1.82, 2.24) is 14.7 Å². The van der Waals surface area contributed by atoms with Crippen molar-refractivity contribution in [2.24, 2.45) is 0 Å². The minimum Gasteiger partial charge on any atom is -0.340 e. The van der Waals surface area contributed by atoms with Crippen molar-refractivity contribution in [3.63, 3.8) is 0 Å². The number of hydrogen-bond acceptors (Lipinski definition) is 3. The molecule has 0 bridgehead atoms. The predicted molar refractivity (Wildman–Crippen MR) is 98.2 cm³/mol. The van der Waals surface area contributed by atoms with Gasteiger partial charge < -0.3 is 4.90 Å². The predicted octanol–water partition coefficient (Wildman–Crippen LogP) is 3.00. The number of carbonyl (C=O) groups excluding carboxylic acids is 1. The highest BCUT2D eigenvalue weighted by molar-refractivity contribution is 6.31. The molecule has 0 radical (unpaired) electrons. The highest BCUT2D eigenvalue weighted by Crippen LogP contribution is 2.24. The highest BCUT2D eigenvalue weighted by atomic mass is 35.5. The Morgan fingerprint density at radius 1 is 1.24 bits per heavy atom. The fourth-order valence-electron chi connectivity index (χ4n) is 3.88. The Balaban J connectivity index is 1.47. The van der Waals surface area contributed by atoms with Gasteiger partial charge in [0, 0.05) is 56.4 Å². The lowest BCUT2D eigenvalue weighted by Crippen LogP contribution is -2.51. The molecule has 0 unspecified atom stereocenters. The van der Waals surface area contributed by atoms with Gasteiger partial charge >= 0.3 is 0 Å². The number of piperazine rings is 1. The van der Waals surface area contributed by atoms with Crippen LogP contribution in [0.3, 0.4) is 0 Å². The number of likely N-dealkylation sites (N-methyl/N-ethyl adjacent to an activating group) is 1. The average Bonchev–Trinajstić information content (AvgIpc) is 3.13. The molecule has 1 saturated carbocycles. The smallest absolute Gasteiger partial charge is 0.236 e. The molecule has 1 heterocycles. The normalized spacial score (nSPS) is 20.1. The quantitative estimate of drug-likeness (QED) is 0.800. The van der Waals surface area contributed by atoms with Crippen LogP contribution in [0.4, 0.5) is 4.39 Å². The van der Waals surface area contributed by atoms with Gasteiger partial charge in [0.05, 0.1) is 6.54 Å². The third kappa shape index (κ3) is 4.72. The first-order valence-electron chi connectivity index (χ1n) is 9.18. The minimum absolute atomic E-state index is 0.00800. The molecule has 2 fully saturated rings. The van der Waals surface area contributed by atoms with Crippen LogP contribution in [-0.2, 0) is 11.3 Å². The van der Waals surface area contributed by atoms with Gasteiger partial charge in [0.15, 0.2) is 0 Å². The van der Waals surface area contributed by atoms with E-state index in [-0.39, 0.29) is 18.3 Å². The summed E-state index contributed by atoms with van der Waals surface area (Å²) < 4.78 is 13.9. The van der Waals surface area contributed by atoms with Gasteiger partial charge in [-0.3, -0.25) is 14.6 Å². The second kappa shape index (κ2) is 8.47. The Bertz CT molecular complexity index is 578. The maximum Gasteiger partial charge on any atom is 0.236 e. The van der Waals surface area contributed by atoms with Gasteiger partial charge in [0.2, 0.25) is 5.91 Å². The number of benzene rings is 1. The molecule has 1 amide bonds. The van der Waals surface area contributed by atoms with Gasteiger partial charge in [0.25, 0.3) is 0 Å². The van der Waals surface area contributed by atoms with Crippen molar-refractivity contribution in [3.05, 3.63) is 34.6 Å². The lowest BCUT2D eigenvalue weighted by molar-refractivity contribution is -0.132. The van der Waals surface area contributed by atoms with Crippen LogP contribution in [0.5, 0.6) is 0 Å². The van der Waals surface area contributed by atoms with Crippen LogP contribution in [0, 0.1) is 5.82 Å². The van der Waals surface area contributed by atoms with Crippen molar-refractivity contribution in [2.75, 3.05) is 39.8 Å². The van der Waals surface area contributed by atoms with Crippen molar-refractivity contribution >= 4 is 17.5 Å². The van der Waals surface area contributed by atoms with E-state index >= 15 is 0 Å². The van der Waals surface area contributed by atoms with Gasteiger partial charge in [-0.25, -0.2) is 4.39 Å². The summed E-state index contributed by atoms with van der Waals surface area (Å²) in [5.41, 5.74) is 0.381. The zero-order valence-corrected chi connectivity index (χ0v) is 15.6. The summed E-state index contributed by atoms with van der Waals surface area (Å²) in [6.07, 6.45) is 5.36. The Morgan fingerprint density at radius 3 is 2.56 bits per heavy atom. The SMILES string of the molecule is CN(Cc1c(F)cccc1Cl)C(=O)CN1CCN(C2CCCC2)CC1. The Hall–Kier alpha value is -1.17. The van der Waals surface area contributed by atoms with Gasteiger partial charge in [-0.2, -0.15) is 0 Å². The molecule has 138 valence electrons. The fourth-order valence-corrected chi connectivity index (χ4v) is 4.10. The summed E-state index contributed by atoms with van der Waals surface area (Å²) in [6.45, 7) is 4.53. The van der Waals surface area contributed by atoms with Crippen molar-refractivity contribution in [2.45, 2.75) is 38.3 Å². The van der Waals surface area contributed by atoms with Crippen LogP contribution in [0.15, 0.2) is 18.2 Å². The maximum absolute atomic E-state index is 13.9. The number of halogens is 2. The third-order valence-electron chi connectivity index (χ3n) is 5.49. The molecule has 1 aromatic rings.